The van der Waals surface area contributed by atoms with Crippen LogP contribution < -0.4 is 4.72 Å². The standard InChI is InChI=1S/C16H23N3O4S/c1-14(20)18-8-10-19(11-9-18)16(21)13-17-24(22,23)12-7-15-5-3-2-4-6-15/h2-6,17H,7-13H2,1H3. The molecule has 7 nitrogen and oxygen atoms in total. The summed E-state index contributed by atoms with van der Waals surface area (Å²) in [5, 5.41) is 0. The second-order valence-corrected chi connectivity index (χ2v) is 7.69. The van der Waals surface area contributed by atoms with Crippen LogP contribution in [0.3, 0.4) is 0 Å². The number of amides is 2. The summed E-state index contributed by atoms with van der Waals surface area (Å²) >= 11 is 0. The van der Waals surface area contributed by atoms with Gasteiger partial charge in [0.05, 0.1) is 12.3 Å². The van der Waals surface area contributed by atoms with E-state index in [-0.39, 0.29) is 24.1 Å². The molecule has 1 aliphatic heterocycles. The fourth-order valence-electron chi connectivity index (χ4n) is 2.52. The van der Waals surface area contributed by atoms with Crippen molar-refractivity contribution in [2.45, 2.75) is 13.3 Å². The highest BCUT2D eigenvalue weighted by atomic mass is 32.2. The van der Waals surface area contributed by atoms with Gasteiger partial charge in [0, 0.05) is 33.1 Å². The molecule has 8 heteroatoms. The highest BCUT2D eigenvalue weighted by Gasteiger charge is 2.23. The van der Waals surface area contributed by atoms with Gasteiger partial charge in [-0.2, -0.15) is 0 Å². The third-order valence-electron chi connectivity index (χ3n) is 4.02. The zero-order chi connectivity index (χ0) is 17.6. The molecular weight excluding hydrogens is 330 g/mol. The normalized spacial score (nSPS) is 15.4. The molecule has 1 aliphatic rings. The van der Waals surface area contributed by atoms with E-state index in [0.717, 1.165) is 5.56 Å². The zero-order valence-corrected chi connectivity index (χ0v) is 14.6. The van der Waals surface area contributed by atoms with Crippen molar-refractivity contribution in [2.75, 3.05) is 38.5 Å². The fourth-order valence-corrected chi connectivity index (χ4v) is 3.52. The van der Waals surface area contributed by atoms with E-state index >= 15 is 0 Å². The Balaban J connectivity index is 1.75. The molecule has 2 rings (SSSR count). The largest absolute Gasteiger partial charge is 0.339 e. The maximum absolute atomic E-state index is 12.1. The first-order valence-electron chi connectivity index (χ1n) is 7.92. The van der Waals surface area contributed by atoms with E-state index in [0.29, 0.717) is 32.6 Å². The Morgan fingerprint density at radius 1 is 1.04 bits per heavy atom. The van der Waals surface area contributed by atoms with Crippen LogP contribution in [0.1, 0.15) is 12.5 Å². The SMILES string of the molecule is CC(=O)N1CCN(C(=O)CNS(=O)(=O)CCc2ccccc2)CC1. The third kappa shape index (κ3) is 5.61. The Bertz CT molecular complexity index is 668. The lowest BCUT2D eigenvalue weighted by atomic mass is 10.2. The van der Waals surface area contributed by atoms with Crippen molar-refractivity contribution in [3.63, 3.8) is 0 Å². The molecule has 2 amide bonds. The summed E-state index contributed by atoms with van der Waals surface area (Å²) in [6, 6.07) is 9.34. The van der Waals surface area contributed by atoms with Gasteiger partial charge in [-0.15, -0.1) is 0 Å². The third-order valence-corrected chi connectivity index (χ3v) is 5.35. The van der Waals surface area contributed by atoms with Crippen molar-refractivity contribution in [1.29, 1.82) is 0 Å². The Kier molecular flexibility index (Phi) is 6.33. The highest BCUT2D eigenvalue weighted by Crippen LogP contribution is 2.03. The van der Waals surface area contributed by atoms with Gasteiger partial charge >= 0.3 is 0 Å². The minimum Gasteiger partial charge on any atom is -0.339 e. The predicted molar refractivity (Wildman–Crippen MR) is 90.8 cm³/mol. The molecule has 1 aromatic carbocycles. The van der Waals surface area contributed by atoms with Crippen LogP contribution in [0.2, 0.25) is 0 Å². The molecule has 0 aliphatic carbocycles. The maximum Gasteiger partial charge on any atom is 0.237 e. The van der Waals surface area contributed by atoms with Crippen LogP contribution in [0, 0.1) is 0 Å². The summed E-state index contributed by atoms with van der Waals surface area (Å²) in [5.41, 5.74) is 0.939. The van der Waals surface area contributed by atoms with Crippen LogP contribution >= 0.6 is 0 Å². The van der Waals surface area contributed by atoms with Crippen molar-refractivity contribution < 1.29 is 18.0 Å². The lowest BCUT2D eigenvalue weighted by Crippen LogP contribution is -2.52. The lowest BCUT2D eigenvalue weighted by molar-refractivity contribution is -0.137. The van der Waals surface area contributed by atoms with Gasteiger partial charge in [-0.3, -0.25) is 9.59 Å². The summed E-state index contributed by atoms with van der Waals surface area (Å²) in [6.07, 6.45) is 0.404. The second kappa shape index (κ2) is 8.25. The first kappa shape index (κ1) is 18.4. The van der Waals surface area contributed by atoms with E-state index in [9.17, 15) is 18.0 Å². The Hall–Kier alpha value is -1.93. The van der Waals surface area contributed by atoms with E-state index in [1.807, 2.05) is 30.3 Å². The lowest BCUT2D eigenvalue weighted by Gasteiger charge is -2.34. The van der Waals surface area contributed by atoms with Gasteiger partial charge in [0.15, 0.2) is 0 Å². The second-order valence-electron chi connectivity index (χ2n) is 5.76. The van der Waals surface area contributed by atoms with E-state index in [2.05, 4.69) is 4.72 Å². The topological polar surface area (TPSA) is 86.8 Å². The van der Waals surface area contributed by atoms with Gasteiger partial charge < -0.3 is 9.80 Å². The molecular formula is C16H23N3O4S. The van der Waals surface area contributed by atoms with Crippen molar-refractivity contribution in [2.24, 2.45) is 0 Å². The first-order valence-corrected chi connectivity index (χ1v) is 9.57. The average Bonchev–Trinajstić information content (AvgIpc) is 2.59. The molecule has 1 aromatic rings. The van der Waals surface area contributed by atoms with E-state index in [4.69, 9.17) is 0 Å². The molecule has 1 heterocycles. The van der Waals surface area contributed by atoms with Gasteiger partial charge in [-0.25, -0.2) is 13.1 Å². The summed E-state index contributed by atoms with van der Waals surface area (Å²) in [7, 11) is -3.50. The highest BCUT2D eigenvalue weighted by molar-refractivity contribution is 7.89. The number of rotatable bonds is 6. The molecule has 0 saturated carbocycles. The Labute approximate surface area is 142 Å². The first-order chi connectivity index (χ1) is 11.4. The number of sulfonamides is 1. The van der Waals surface area contributed by atoms with Gasteiger partial charge in [-0.05, 0) is 12.0 Å². The van der Waals surface area contributed by atoms with Crippen molar-refractivity contribution >= 4 is 21.8 Å². The minimum absolute atomic E-state index is 0.0105. The smallest absolute Gasteiger partial charge is 0.237 e. The number of aryl methyl sites for hydroxylation is 1. The molecule has 1 N–H and O–H groups in total. The summed E-state index contributed by atoms with van der Waals surface area (Å²) in [5.74, 6) is -0.326. The van der Waals surface area contributed by atoms with Gasteiger partial charge in [0.25, 0.3) is 0 Å². The van der Waals surface area contributed by atoms with Gasteiger partial charge in [0.2, 0.25) is 21.8 Å². The zero-order valence-electron chi connectivity index (χ0n) is 13.8. The maximum atomic E-state index is 12.1. The number of carbonyl (C=O) groups excluding carboxylic acids is 2. The van der Waals surface area contributed by atoms with E-state index in [1.165, 1.54) is 6.92 Å². The Morgan fingerprint density at radius 3 is 2.21 bits per heavy atom. The van der Waals surface area contributed by atoms with Crippen LogP contribution in [-0.4, -0.2) is 68.5 Å². The van der Waals surface area contributed by atoms with Crippen molar-refractivity contribution in [1.82, 2.24) is 14.5 Å². The number of hydrogen-bond acceptors (Lipinski definition) is 4. The molecule has 0 aromatic heterocycles. The molecule has 1 fully saturated rings. The monoisotopic (exact) mass is 353 g/mol. The van der Waals surface area contributed by atoms with Crippen LogP contribution in [0.15, 0.2) is 30.3 Å². The number of hydrogen-bond donors (Lipinski definition) is 1. The Morgan fingerprint density at radius 2 is 1.62 bits per heavy atom. The summed E-state index contributed by atoms with van der Waals surface area (Å²) < 4.78 is 26.4. The van der Waals surface area contributed by atoms with Gasteiger partial charge in [-0.1, -0.05) is 30.3 Å². The molecule has 0 atom stereocenters. The molecule has 0 spiro atoms. The summed E-state index contributed by atoms with van der Waals surface area (Å²) in [6.45, 7) is 3.10. The molecule has 132 valence electrons. The quantitative estimate of drug-likeness (QED) is 0.770. The number of benzene rings is 1. The van der Waals surface area contributed by atoms with Crippen LogP contribution in [0.5, 0.6) is 0 Å². The minimum atomic E-state index is -3.50. The number of nitrogens with one attached hydrogen (secondary N) is 1. The van der Waals surface area contributed by atoms with Crippen LogP contribution in [-0.2, 0) is 26.0 Å². The van der Waals surface area contributed by atoms with Crippen LogP contribution in [0.25, 0.3) is 0 Å². The number of nitrogens with zero attached hydrogens (tertiary/aromatic N) is 2. The molecule has 1 saturated heterocycles. The predicted octanol–water partition coefficient (Wildman–Crippen LogP) is -0.161. The molecule has 0 bridgehead atoms. The molecule has 0 radical (unpaired) electrons. The van der Waals surface area contributed by atoms with Crippen LogP contribution in [0.4, 0.5) is 0 Å². The van der Waals surface area contributed by atoms with E-state index in [1.54, 1.807) is 9.80 Å². The van der Waals surface area contributed by atoms with Gasteiger partial charge in [0.1, 0.15) is 0 Å². The summed E-state index contributed by atoms with van der Waals surface area (Å²) in [4.78, 5) is 26.6. The van der Waals surface area contributed by atoms with E-state index < -0.39 is 10.0 Å². The molecule has 24 heavy (non-hydrogen) atoms. The average molecular weight is 353 g/mol. The van der Waals surface area contributed by atoms with Crippen molar-refractivity contribution in [3.05, 3.63) is 35.9 Å². The number of carbonyl (C=O) groups is 2. The van der Waals surface area contributed by atoms with Crippen molar-refractivity contribution in [3.8, 4) is 0 Å². The fraction of sp³-hybridized carbons (Fsp3) is 0.500. The number of piperazine rings is 1. The molecule has 0 unspecified atom stereocenters.